The van der Waals surface area contributed by atoms with Gasteiger partial charge in [-0.2, -0.15) is 0 Å². The van der Waals surface area contributed by atoms with Crippen molar-refractivity contribution in [2.75, 3.05) is 26.7 Å². The van der Waals surface area contributed by atoms with E-state index in [0.717, 1.165) is 51.3 Å². The van der Waals surface area contributed by atoms with E-state index in [0.29, 0.717) is 5.92 Å². The Balaban J connectivity index is 0.00000259. The number of benzene rings is 2. The number of ether oxygens (including phenoxy) is 1. The van der Waals surface area contributed by atoms with Crippen LogP contribution in [0.25, 0.3) is 21.2 Å². The maximum atomic E-state index is 13.1. The third kappa shape index (κ3) is 4.86. The Morgan fingerprint density at radius 1 is 1.09 bits per heavy atom. The quantitative estimate of drug-likeness (QED) is 0.551. The van der Waals surface area contributed by atoms with Crippen molar-refractivity contribution in [1.82, 2.24) is 15.5 Å². The highest BCUT2D eigenvalue weighted by molar-refractivity contribution is 7.21. The van der Waals surface area contributed by atoms with Gasteiger partial charge in [-0.25, -0.2) is 4.79 Å². The van der Waals surface area contributed by atoms with Crippen molar-refractivity contribution in [1.29, 1.82) is 0 Å². The Morgan fingerprint density at radius 2 is 1.85 bits per heavy atom. The zero-order valence-electron chi connectivity index (χ0n) is 18.5. The number of fused-ring (bicyclic) bond motifs is 4. The molecule has 2 bridgehead atoms. The molecule has 2 aromatic carbocycles. The van der Waals surface area contributed by atoms with Gasteiger partial charge in [0.05, 0.1) is 4.88 Å². The maximum Gasteiger partial charge on any atom is 0.407 e. The summed E-state index contributed by atoms with van der Waals surface area (Å²) >= 11 is 1.53. The van der Waals surface area contributed by atoms with Crippen LogP contribution in [0.3, 0.4) is 0 Å². The van der Waals surface area contributed by atoms with Crippen LogP contribution < -0.4 is 10.6 Å². The molecule has 3 aliphatic heterocycles. The lowest BCUT2D eigenvalue weighted by molar-refractivity contribution is 0.0622. The topological polar surface area (TPSA) is 70.7 Å². The molecule has 3 fully saturated rings. The number of thiophene rings is 1. The zero-order chi connectivity index (χ0) is 22.1. The fourth-order valence-electron chi connectivity index (χ4n) is 4.88. The van der Waals surface area contributed by atoms with Crippen LogP contribution in [-0.4, -0.2) is 49.6 Å². The van der Waals surface area contributed by atoms with E-state index in [1.54, 1.807) is 7.05 Å². The van der Waals surface area contributed by atoms with E-state index in [-0.39, 0.29) is 31.0 Å². The van der Waals surface area contributed by atoms with Crippen molar-refractivity contribution < 1.29 is 14.3 Å². The van der Waals surface area contributed by atoms with Gasteiger partial charge in [0.1, 0.15) is 6.61 Å². The number of nitrogens with one attached hydrogen (secondary N) is 2. The minimum atomic E-state index is -0.458. The molecule has 0 radical (unpaired) electrons. The van der Waals surface area contributed by atoms with Gasteiger partial charge >= 0.3 is 6.09 Å². The lowest BCUT2D eigenvalue weighted by Gasteiger charge is -2.44. The summed E-state index contributed by atoms with van der Waals surface area (Å²) in [5.74, 6) is 0.619. The lowest BCUT2D eigenvalue weighted by Crippen LogP contribution is -2.57. The maximum absolute atomic E-state index is 13.1. The van der Waals surface area contributed by atoms with E-state index in [1.165, 1.54) is 24.2 Å². The van der Waals surface area contributed by atoms with E-state index < -0.39 is 6.09 Å². The van der Waals surface area contributed by atoms with Crippen molar-refractivity contribution >= 4 is 45.8 Å². The zero-order valence-corrected chi connectivity index (χ0v) is 20.1. The summed E-state index contributed by atoms with van der Waals surface area (Å²) in [6, 6.07) is 16.3. The van der Waals surface area contributed by atoms with Crippen LogP contribution in [0.15, 0.2) is 48.5 Å². The van der Waals surface area contributed by atoms with Gasteiger partial charge in [0, 0.05) is 24.3 Å². The first-order valence-corrected chi connectivity index (χ1v) is 11.9. The molecule has 2 N–H and O–H groups in total. The normalized spacial score (nSPS) is 21.3. The highest BCUT2D eigenvalue weighted by Crippen LogP contribution is 2.37. The monoisotopic (exact) mass is 485 g/mol. The Bertz CT molecular complexity index is 1160. The summed E-state index contributed by atoms with van der Waals surface area (Å²) < 4.78 is 6.36. The summed E-state index contributed by atoms with van der Waals surface area (Å²) in [5.41, 5.74) is 2.98. The smallest absolute Gasteiger partial charge is 0.407 e. The number of alkyl carbamates (subject to hydrolysis) is 1. The number of carbonyl (C=O) groups is 2. The molecule has 1 atom stereocenters. The predicted octanol–water partition coefficient (Wildman–Crippen LogP) is 4.67. The molecule has 174 valence electrons. The molecule has 3 saturated heterocycles. The average Bonchev–Trinajstić information content (AvgIpc) is 3.28. The number of hydrogen-bond acceptors (Lipinski definition) is 5. The molecule has 8 heteroatoms. The van der Waals surface area contributed by atoms with Crippen molar-refractivity contribution in [3.8, 4) is 11.1 Å². The first-order chi connectivity index (χ1) is 15.6. The van der Waals surface area contributed by atoms with Crippen molar-refractivity contribution in [3.05, 3.63) is 59.0 Å². The molecule has 6 rings (SSSR count). The number of amides is 2. The molecular weight excluding hydrogens is 458 g/mol. The Morgan fingerprint density at radius 3 is 2.58 bits per heavy atom. The molecule has 0 spiro atoms. The second kappa shape index (κ2) is 10.1. The fraction of sp³-hybridized carbons (Fsp3) is 0.360. The van der Waals surface area contributed by atoms with E-state index in [9.17, 15) is 9.59 Å². The summed E-state index contributed by atoms with van der Waals surface area (Å²) in [4.78, 5) is 27.8. The van der Waals surface area contributed by atoms with E-state index in [4.69, 9.17) is 4.74 Å². The van der Waals surface area contributed by atoms with Gasteiger partial charge in [0.15, 0.2) is 0 Å². The van der Waals surface area contributed by atoms with E-state index in [2.05, 4.69) is 21.6 Å². The van der Waals surface area contributed by atoms with Gasteiger partial charge in [0.25, 0.3) is 5.91 Å². The van der Waals surface area contributed by atoms with Crippen LogP contribution >= 0.6 is 23.7 Å². The molecule has 33 heavy (non-hydrogen) atoms. The minimum absolute atomic E-state index is 0. The molecule has 0 aliphatic carbocycles. The van der Waals surface area contributed by atoms with E-state index >= 15 is 0 Å². The second-order valence-electron chi connectivity index (χ2n) is 8.54. The minimum Gasteiger partial charge on any atom is -0.445 e. The lowest BCUT2D eigenvalue weighted by atomic mass is 9.84. The molecule has 4 heterocycles. The molecule has 0 saturated carbocycles. The van der Waals surface area contributed by atoms with Gasteiger partial charge in [-0.1, -0.05) is 42.5 Å². The first kappa shape index (κ1) is 23.5. The van der Waals surface area contributed by atoms with Crippen LogP contribution in [0.5, 0.6) is 0 Å². The van der Waals surface area contributed by atoms with Crippen molar-refractivity contribution in [3.63, 3.8) is 0 Å². The fourth-order valence-corrected chi connectivity index (χ4v) is 5.97. The number of piperidine rings is 3. The standard InChI is InChI=1S/C25H27N3O3S.ClH/c1-26-25(30)31-15-18-5-2-3-7-19(18)20-8-4-6-17-13-22(32-23(17)20)24(29)27-21-14-28-11-9-16(21)10-12-28;/h2-8,13,16,21H,9-12,14-15H2,1H3,(H,26,30)(H,27,29);1H/t21-;/m0./s1. The van der Waals surface area contributed by atoms with Crippen LogP contribution in [0.1, 0.15) is 28.1 Å². The summed E-state index contributed by atoms with van der Waals surface area (Å²) in [5, 5.41) is 6.83. The average molecular weight is 486 g/mol. The molecule has 6 nitrogen and oxygen atoms in total. The van der Waals surface area contributed by atoms with Crippen molar-refractivity contribution in [2.45, 2.75) is 25.5 Å². The molecule has 3 aromatic rings. The third-order valence-corrected chi connectivity index (χ3v) is 7.79. The van der Waals surface area contributed by atoms with Crippen LogP contribution in [-0.2, 0) is 11.3 Å². The molecule has 3 aliphatic rings. The second-order valence-corrected chi connectivity index (χ2v) is 9.59. The molecule has 1 aromatic heterocycles. The van der Waals surface area contributed by atoms with Gasteiger partial charge in [-0.3, -0.25) is 4.79 Å². The Labute approximate surface area is 203 Å². The molecule has 2 amide bonds. The first-order valence-electron chi connectivity index (χ1n) is 11.1. The van der Waals surface area contributed by atoms with Crippen LogP contribution in [0.2, 0.25) is 0 Å². The Hall–Kier alpha value is -2.61. The summed E-state index contributed by atoms with van der Waals surface area (Å²) in [7, 11) is 1.54. The van der Waals surface area contributed by atoms with Gasteiger partial charge in [-0.15, -0.1) is 23.7 Å². The highest BCUT2D eigenvalue weighted by atomic mass is 35.5. The largest absolute Gasteiger partial charge is 0.445 e. The molecular formula is C25H28ClN3O3S. The number of rotatable bonds is 5. The van der Waals surface area contributed by atoms with Gasteiger partial charge < -0.3 is 20.3 Å². The summed E-state index contributed by atoms with van der Waals surface area (Å²) in [6.45, 7) is 3.47. The predicted molar refractivity (Wildman–Crippen MR) is 134 cm³/mol. The number of nitrogens with zero attached hydrogens (tertiary/aromatic N) is 1. The van der Waals surface area contributed by atoms with Gasteiger partial charge in [-0.05, 0) is 60.0 Å². The Kier molecular flexibility index (Phi) is 7.22. The number of carbonyl (C=O) groups excluding carboxylic acids is 2. The summed E-state index contributed by atoms with van der Waals surface area (Å²) in [6.07, 6.45) is 1.90. The van der Waals surface area contributed by atoms with E-state index in [1.807, 2.05) is 42.5 Å². The highest BCUT2D eigenvalue weighted by Gasteiger charge is 2.35. The molecule has 0 unspecified atom stereocenters. The van der Waals surface area contributed by atoms with Crippen LogP contribution in [0.4, 0.5) is 4.79 Å². The number of halogens is 1. The third-order valence-electron chi connectivity index (χ3n) is 6.61. The van der Waals surface area contributed by atoms with Crippen LogP contribution in [0, 0.1) is 5.92 Å². The number of hydrogen-bond donors (Lipinski definition) is 2. The van der Waals surface area contributed by atoms with Crippen molar-refractivity contribution in [2.24, 2.45) is 5.92 Å². The SMILES string of the molecule is CNC(=O)OCc1ccccc1-c1cccc2cc(C(=O)N[C@H]3CN4CCC3CC4)sc12.Cl. The van der Waals surface area contributed by atoms with Gasteiger partial charge in [0.2, 0.25) is 0 Å².